The summed E-state index contributed by atoms with van der Waals surface area (Å²) in [5, 5.41) is 12.2. The highest BCUT2D eigenvalue weighted by Crippen LogP contribution is 2.41. The highest BCUT2D eigenvalue weighted by molar-refractivity contribution is 7.51. The van der Waals surface area contributed by atoms with E-state index in [1.54, 1.807) is 23.2 Å². The molecule has 1 unspecified atom stereocenters. The van der Waals surface area contributed by atoms with Crippen LogP contribution >= 0.6 is 0 Å². The number of aromatic amines is 1. The van der Waals surface area contributed by atoms with Crippen molar-refractivity contribution in [3.05, 3.63) is 71.7 Å². The van der Waals surface area contributed by atoms with Gasteiger partial charge >= 0.3 is 17.5 Å². The summed E-state index contributed by atoms with van der Waals surface area (Å²) < 4.78 is 22.8. The first-order chi connectivity index (χ1) is 19.7. The van der Waals surface area contributed by atoms with Crippen LogP contribution in [0.4, 0.5) is 0 Å². The lowest BCUT2D eigenvalue weighted by Crippen LogP contribution is -2.26. The number of likely N-dealkylation sites (tertiary alicyclic amines) is 1. The van der Waals surface area contributed by atoms with Crippen molar-refractivity contribution in [2.75, 3.05) is 13.6 Å². The molecule has 5 rings (SSSR count). The van der Waals surface area contributed by atoms with Gasteiger partial charge in [0.05, 0.1) is 35.6 Å². The first kappa shape index (κ1) is 29.1. The molecule has 12 nitrogen and oxygen atoms in total. The van der Waals surface area contributed by atoms with Gasteiger partial charge in [-0.2, -0.15) is 8.42 Å². The molecule has 4 aromatic rings. The van der Waals surface area contributed by atoms with Gasteiger partial charge in [-0.1, -0.05) is 0 Å². The predicted octanol–water partition coefficient (Wildman–Crippen LogP) is 3.55. The van der Waals surface area contributed by atoms with Crippen LogP contribution in [0.2, 0.25) is 0 Å². The highest BCUT2D eigenvalue weighted by atomic mass is 32.1. The van der Waals surface area contributed by atoms with E-state index >= 15 is 0 Å². The molecular formula is C28H27N5O7S. The zero-order chi connectivity index (χ0) is 29.5. The van der Waals surface area contributed by atoms with E-state index in [2.05, 4.69) is 20.3 Å². The lowest BCUT2D eigenvalue weighted by Gasteiger charge is -2.23. The Morgan fingerprint density at radius 2 is 1.93 bits per heavy atom. The third kappa shape index (κ3) is 7.00. The largest absolute Gasteiger partial charge is 0.481 e. The first-order valence-corrected chi connectivity index (χ1v) is 13.3. The fourth-order valence-corrected chi connectivity index (χ4v) is 4.55. The van der Waals surface area contributed by atoms with Gasteiger partial charge in [-0.15, -0.1) is 0 Å². The van der Waals surface area contributed by atoms with Gasteiger partial charge in [-0.25, -0.2) is 0 Å². The maximum Gasteiger partial charge on any atom is 0.335 e. The van der Waals surface area contributed by atoms with Crippen molar-refractivity contribution in [2.24, 2.45) is 0 Å². The number of nitrogens with one attached hydrogen (secondary N) is 2. The summed E-state index contributed by atoms with van der Waals surface area (Å²) in [5.41, 5.74) is 4.40. The molecule has 2 amide bonds. The number of ether oxygens (including phenoxy) is 1. The van der Waals surface area contributed by atoms with E-state index in [0.717, 1.165) is 27.9 Å². The molecular weight excluding hydrogens is 550 g/mol. The van der Waals surface area contributed by atoms with Crippen LogP contribution in [-0.2, 0) is 21.2 Å². The predicted molar refractivity (Wildman–Crippen MR) is 149 cm³/mol. The number of carboxylic acids is 1. The maximum atomic E-state index is 12.3. The van der Waals surface area contributed by atoms with Crippen molar-refractivity contribution < 1.29 is 32.6 Å². The Morgan fingerprint density at radius 1 is 1.15 bits per heavy atom. The standard InChI is InChI=1S/C28H27N5O5.O2S/c1-16-3-5-19(15-30-16)38-25-12-18-11-23(32-22(18)13-20(25)24-7-8-26(34)33(24)2)21-6-4-17(14-31-21)28(37)29-10-9-27(35)36;1-3-2/h3-6,11-15,24,32H,7-10H2,1-2H3,(H,29,37)(H,35,36);. The summed E-state index contributed by atoms with van der Waals surface area (Å²) in [6.45, 7) is 1.96. The Hall–Kier alpha value is -4.91. The fraction of sp³-hybridized carbons (Fsp3) is 0.250. The lowest BCUT2D eigenvalue weighted by molar-refractivity contribution is -0.136. The molecule has 13 heteroatoms. The van der Waals surface area contributed by atoms with Crippen LogP contribution < -0.4 is 10.1 Å². The molecule has 1 aliphatic rings. The number of pyridine rings is 2. The molecule has 1 saturated heterocycles. The van der Waals surface area contributed by atoms with Gasteiger partial charge in [0, 0.05) is 48.4 Å². The Morgan fingerprint density at radius 3 is 2.54 bits per heavy atom. The first-order valence-electron chi connectivity index (χ1n) is 12.6. The summed E-state index contributed by atoms with van der Waals surface area (Å²) in [6, 6.07) is 12.9. The monoisotopic (exact) mass is 577 g/mol. The molecule has 0 radical (unpaired) electrons. The van der Waals surface area contributed by atoms with Crippen molar-refractivity contribution >= 4 is 40.3 Å². The number of aliphatic carboxylic acids is 1. The summed E-state index contributed by atoms with van der Waals surface area (Å²) in [6.07, 6.45) is 4.18. The van der Waals surface area contributed by atoms with Crippen molar-refractivity contribution in [1.82, 2.24) is 25.2 Å². The number of hydrogen-bond donors (Lipinski definition) is 3. The molecule has 0 aliphatic carbocycles. The van der Waals surface area contributed by atoms with Crippen molar-refractivity contribution in [2.45, 2.75) is 32.2 Å². The SMILES string of the molecule is Cc1ccc(Oc2cc3cc(-c4ccc(C(=O)NCCC(=O)O)cn4)[nH]c3cc2C2CCC(=O)N2C)cn1.O=S=O. The molecule has 0 saturated carbocycles. The molecule has 0 spiro atoms. The van der Waals surface area contributed by atoms with E-state index in [1.165, 1.54) is 6.20 Å². The zero-order valence-electron chi connectivity index (χ0n) is 22.2. The van der Waals surface area contributed by atoms with Gasteiger partial charge in [0.25, 0.3) is 5.91 Å². The van der Waals surface area contributed by atoms with Gasteiger partial charge < -0.3 is 25.0 Å². The Labute approximate surface area is 238 Å². The quantitative estimate of drug-likeness (QED) is 0.283. The van der Waals surface area contributed by atoms with Crippen molar-refractivity contribution in [3.63, 3.8) is 0 Å². The van der Waals surface area contributed by atoms with Gasteiger partial charge in [-0.3, -0.25) is 24.4 Å². The molecule has 1 aliphatic heterocycles. The number of aromatic nitrogens is 3. The second kappa shape index (κ2) is 13.0. The van der Waals surface area contributed by atoms with Crippen LogP contribution in [-0.4, -0.2) is 64.8 Å². The number of aryl methyl sites for hydroxylation is 1. The summed E-state index contributed by atoms with van der Waals surface area (Å²) in [4.78, 5) is 49.1. The number of hydrogen-bond acceptors (Lipinski definition) is 8. The molecule has 1 atom stereocenters. The molecule has 1 aromatic carbocycles. The van der Waals surface area contributed by atoms with Crippen LogP contribution in [0.25, 0.3) is 22.3 Å². The van der Waals surface area contributed by atoms with Crippen LogP contribution in [0.15, 0.2) is 54.9 Å². The van der Waals surface area contributed by atoms with Crippen LogP contribution in [0.5, 0.6) is 11.5 Å². The smallest absolute Gasteiger partial charge is 0.335 e. The van der Waals surface area contributed by atoms with E-state index in [0.29, 0.717) is 35.6 Å². The molecule has 212 valence electrons. The average Bonchev–Trinajstić information content (AvgIpc) is 3.52. The van der Waals surface area contributed by atoms with Gasteiger partial charge in [0.15, 0.2) is 0 Å². The Kier molecular flexibility index (Phi) is 9.19. The Balaban J connectivity index is 0.00000124. The molecule has 0 bridgehead atoms. The number of carbonyl (C=O) groups excluding carboxylic acids is 2. The lowest BCUT2D eigenvalue weighted by atomic mass is 10.0. The minimum Gasteiger partial charge on any atom is -0.481 e. The number of nitrogens with zero attached hydrogens (tertiary/aromatic N) is 3. The number of H-pyrrole nitrogens is 1. The third-order valence-electron chi connectivity index (χ3n) is 6.64. The number of fused-ring (bicyclic) bond motifs is 1. The number of carbonyl (C=O) groups is 3. The van der Waals surface area contributed by atoms with Crippen molar-refractivity contribution in [3.8, 4) is 22.9 Å². The summed E-state index contributed by atoms with van der Waals surface area (Å²) in [7, 11) is 1.81. The Bertz CT molecular complexity index is 1610. The van der Waals surface area contributed by atoms with Gasteiger partial charge in [0.1, 0.15) is 11.5 Å². The fourth-order valence-electron chi connectivity index (χ4n) is 4.55. The van der Waals surface area contributed by atoms with Gasteiger partial charge in [-0.05, 0) is 55.8 Å². The van der Waals surface area contributed by atoms with E-state index in [9.17, 15) is 14.4 Å². The van der Waals surface area contributed by atoms with Crippen molar-refractivity contribution in [1.29, 1.82) is 0 Å². The van der Waals surface area contributed by atoms with E-state index in [4.69, 9.17) is 18.3 Å². The van der Waals surface area contributed by atoms with E-state index in [1.807, 2.05) is 44.3 Å². The zero-order valence-corrected chi connectivity index (χ0v) is 23.1. The van der Waals surface area contributed by atoms with Gasteiger partial charge in [0.2, 0.25) is 5.91 Å². The maximum absolute atomic E-state index is 12.3. The van der Waals surface area contributed by atoms with Crippen LogP contribution in [0, 0.1) is 6.92 Å². The number of rotatable bonds is 8. The highest BCUT2D eigenvalue weighted by Gasteiger charge is 2.31. The molecule has 4 heterocycles. The number of benzene rings is 1. The molecule has 3 aromatic heterocycles. The normalized spacial score (nSPS) is 14.3. The minimum absolute atomic E-state index is 0.0467. The molecule has 3 N–H and O–H groups in total. The minimum atomic E-state index is -0.976. The van der Waals surface area contributed by atoms with Crippen LogP contribution in [0.1, 0.15) is 46.9 Å². The average molecular weight is 578 g/mol. The summed E-state index contributed by atoms with van der Waals surface area (Å²) in [5.74, 6) is 0.00568. The second-order valence-electron chi connectivity index (χ2n) is 9.36. The van der Waals surface area contributed by atoms with E-state index in [-0.39, 0.29) is 30.8 Å². The molecule has 41 heavy (non-hydrogen) atoms. The summed E-state index contributed by atoms with van der Waals surface area (Å²) >= 11 is -0.750. The number of amides is 2. The topological polar surface area (TPSA) is 172 Å². The van der Waals surface area contributed by atoms with E-state index < -0.39 is 17.5 Å². The molecule has 1 fully saturated rings. The number of carboxylic acid groups (broad SMARTS) is 1. The van der Waals surface area contributed by atoms with Crippen LogP contribution in [0.3, 0.4) is 0 Å². The third-order valence-corrected chi connectivity index (χ3v) is 6.64. The second-order valence-corrected chi connectivity index (χ2v) is 9.49.